The van der Waals surface area contributed by atoms with Gasteiger partial charge in [-0.2, -0.15) is 13.2 Å². The van der Waals surface area contributed by atoms with Gasteiger partial charge in [0.2, 0.25) is 0 Å². The lowest BCUT2D eigenvalue weighted by molar-refractivity contribution is -0.172. The molecule has 0 aromatic carbocycles. The highest BCUT2D eigenvalue weighted by Gasteiger charge is 2.39. The van der Waals surface area contributed by atoms with Gasteiger partial charge in [-0.25, -0.2) is 0 Å². The van der Waals surface area contributed by atoms with Gasteiger partial charge in [-0.05, 0) is 14.0 Å². The van der Waals surface area contributed by atoms with Crippen LogP contribution >= 0.6 is 0 Å². The highest BCUT2D eigenvalue weighted by molar-refractivity contribution is 6.00. The van der Waals surface area contributed by atoms with Gasteiger partial charge in [0.25, 0.3) is 0 Å². The van der Waals surface area contributed by atoms with E-state index in [1.54, 1.807) is 20.9 Å². The summed E-state index contributed by atoms with van der Waals surface area (Å²) in [5.74, 6) is -3.05. The number of alkyl halides is 3. The van der Waals surface area contributed by atoms with Gasteiger partial charge in [-0.3, -0.25) is 10.2 Å². The molecule has 0 heterocycles. The monoisotopic (exact) mass is 225 g/mol. The SMILES string of the molecule is CNC(C)C(C)C(=N)NC(=O)C(F)(F)F. The van der Waals surface area contributed by atoms with Crippen molar-refractivity contribution in [3.05, 3.63) is 0 Å². The molecule has 7 heteroatoms. The van der Waals surface area contributed by atoms with Gasteiger partial charge in [-0.15, -0.1) is 0 Å². The average molecular weight is 225 g/mol. The van der Waals surface area contributed by atoms with E-state index in [-0.39, 0.29) is 6.04 Å². The average Bonchev–Trinajstić information content (AvgIpc) is 2.13. The molecule has 0 aliphatic carbocycles. The summed E-state index contributed by atoms with van der Waals surface area (Å²) < 4.78 is 35.5. The van der Waals surface area contributed by atoms with Crippen molar-refractivity contribution in [2.45, 2.75) is 26.1 Å². The zero-order chi connectivity index (χ0) is 12.2. The largest absolute Gasteiger partial charge is 0.471 e. The molecule has 0 bridgehead atoms. The summed E-state index contributed by atoms with van der Waals surface area (Å²) in [7, 11) is 1.63. The van der Waals surface area contributed by atoms with Crippen LogP contribution in [0.3, 0.4) is 0 Å². The molecule has 0 spiro atoms. The second kappa shape index (κ2) is 5.11. The Bertz CT molecular complexity index is 252. The Kier molecular flexibility index (Phi) is 4.73. The number of nitrogens with one attached hydrogen (secondary N) is 3. The van der Waals surface area contributed by atoms with Crippen molar-refractivity contribution in [3.63, 3.8) is 0 Å². The summed E-state index contributed by atoms with van der Waals surface area (Å²) in [5, 5.41) is 11.6. The molecule has 0 aliphatic heterocycles. The predicted octanol–water partition coefficient (Wildman–Crippen LogP) is 0.886. The Balaban J connectivity index is 4.32. The molecule has 1 amide bonds. The smallest absolute Gasteiger partial charge is 0.317 e. The van der Waals surface area contributed by atoms with Crippen LogP contribution in [0.5, 0.6) is 0 Å². The van der Waals surface area contributed by atoms with Crippen LogP contribution < -0.4 is 10.6 Å². The number of halogens is 3. The second-order valence-corrected chi connectivity index (χ2v) is 3.23. The quantitative estimate of drug-likeness (QED) is 0.493. The minimum atomic E-state index is -4.95. The molecule has 88 valence electrons. The van der Waals surface area contributed by atoms with Gasteiger partial charge in [0, 0.05) is 12.0 Å². The van der Waals surface area contributed by atoms with Crippen LogP contribution in [0, 0.1) is 11.3 Å². The van der Waals surface area contributed by atoms with Crippen molar-refractivity contribution in [2.75, 3.05) is 7.05 Å². The molecule has 0 aromatic heterocycles. The number of carbonyl (C=O) groups excluding carboxylic acids is 1. The molecule has 4 nitrogen and oxygen atoms in total. The van der Waals surface area contributed by atoms with E-state index in [2.05, 4.69) is 5.32 Å². The molecule has 15 heavy (non-hydrogen) atoms. The van der Waals surface area contributed by atoms with Gasteiger partial charge < -0.3 is 10.6 Å². The summed E-state index contributed by atoms with van der Waals surface area (Å²) in [6.07, 6.45) is -4.95. The van der Waals surface area contributed by atoms with E-state index in [9.17, 15) is 18.0 Å². The number of carbonyl (C=O) groups is 1. The number of hydrogen-bond donors (Lipinski definition) is 3. The number of amidine groups is 1. The first-order valence-corrected chi connectivity index (χ1v) is 4.34. The summed E-state index contributed by atoms with van der Waals surface area (Å²) in [6, 6.07) is -0.189. The van der Waals surface area contributed by atoms with Gasteiger partial charge in [0.15, 0.2) is 0 Å². The molecular formula is C8H14F3N3O. The van der Waals surface area contributed by atoms with Gasteiger partial charge in [-0.1, -0.05) is 6.92 Å². The number of amides is 1. The summed E-state index contributed by atoms with van der Waals surface area (Å²) in [6.45, 7) is 3.26. The number of hydrogen-bond acceptors (Lipinski definition) is 3. The van der Waals surface area contributed by atoms with E-state index in [1.165, 1.54) is 5.32 Å². The lowest BCUT2D eigenvalue weighted by atomic mass is 10.0. The van der Waals surface area contributed by atoms with Gasteiger partial charge >= 0.3 is 12.1 Å². The van der Waals surface area contributed by atoms with Crippen molar-refractivity contribution in [3.8, 4) is 0 Å². The second-order valence-electron chi connectivity index (χ2n) is 3.23. The maximum absolute atomic E-state index is 11.8. The first-order chi connectivity index (χ1) is 6.70. The topological polar surface area (TPSA) is 65.0 Å². The molecule has 2 atom stereocenters. The first kappa shape index (κ1) is 13.9. The van der Waals surface area contributed by atoms with Crippen LogP contribution in [0.4, 0.5) is 13.2 Å². The normalized spacial score (nSPS) is 15.6. The minimum Gasteiger partial charge on any atom is -0.317 e. The van der Waals surface area contributed by atoms with Crippen LogP contribution in [0.1, 0.15) is 13.8 Å². The highest BCUT2D eigenvalue weighted by atomic mass is 19.4. The lowest BCUT2D eigenvalue weighted by Gasteiger charge is -2.20. The van der Waals surface area contributed by atoms with Crippen LogP contribution in [0.15, 0.2) is 0 Å². The molecule has 0 fully saturated rings. The summed E-state index contributed by atoms with van der Waals surface area (Å²) in [5.41, 5.74) is 0. The standard InChI is InChI=1S/C8H14F3N3O/c1-4(5(2)13-3)6(12)14-7(15)8(9,10)11/h4-5,13H,1-3H3,(H2,12,14,15). The van der Waals surface area contributed by atoms with E-state index >= 15 is 0 Å². The fourth-order valence-corrected chi connectivity index (χ4v) is 0.807. The maximum atomic E-state index is 11.8. The number of rotatable bonds is 3. The van der Waals surface area contributed by atoms with Crippen molar-refractivity contribution in [1.29, 1.82) is 5.41 Å². The van der Waals surface area contributed by atoms with E-state index in [4.69, 9.17) is 5.41 Å². The Hall–Kier alpha value is -1.11. The Morgan fingerprint density at radius 3 is 2.13 bits per heavy atom. The van der Waals surface area contributed by atoms with Crippen LogP contribution in [-0.4, -0.2) is 31.0 Å². The molecular weight excluding hydrogens is 211 g/mol. The van der Waals surface area contributed by atoms with Gasteiger partial charge in [0.05, 0.1) is 0 Å². The molecule has 0 aliphatic rings. The fourth-order valence-electron chi connectivity index (χ4n) is 0.807. The molecule has 0 saturated heterocycles. The first-order valence-electron chi connectivity index (χ1n) is 4.34. The van der Waals surface area contributed by atoms with Crippen molar-refractivity contribution in [1.82, 2.24) is 10.6 Å². The van der Waals surface area contributed by atoms with E-state index in [1.807, 2.05) is 0 Å². The van der Waals surface area contributed by atoms with Crippen molar-refractivity contribution < 1.29 is 18.0 Å². The maximum Gasteiger partial charge on any atom is 0.471 e. The van der Waals surface area contributed by atoms with E-state index in [0.717, 1.165) is 0 Å². The summed E-state index contributed by atoms with van der Waals surface area (Å²) in [4.78, 5) is 10.5. The fraction of sp³-hybridized carbons (Fsp3) is 0.750. The Morgan fingerprint density at radius 2 is 1.80 bits per heavy atom. The van der Waals surface area contributed by atoms with Crippen LogP contribution in [0.2, 0.25) is 0 Å². The molecule has 2 unspecified atom stereocenters. The molecule has 0 rings (SSSR count). The van der Waals surface area contributed by atoms with E-state index in [0.29, 0.717) is 0 Å². The minimum absolute atomic E-state index is 0.189. The van der Waals surface area contributed by atoms with Crippen LogP contribution in [-0.2, 0) is 4.79 Å². The zero-order valence-corrected chi connectivity index (χ0v) is 8.70. The zero-order valence-electron chi connectivity index (χ0n) is 8.70. The highest BCUT2D eigenvalue weighted by Crippen LogP contribution is 2.14. The third-order valence-electron chi connectivity index (χ3n) is 2.17. The van der Waals surface area contributed by atoms with Gasteiger partial charge in [0.1, 0.15) is 5.84 Å². The van der Waals surface area contributed by atoms with Crippen LogP contribution in [0.25, 0.3) is 0 Å². The predicted molar refractivity (Wildman–Crippen MR) is 49.6 cm³/mol. The van der Waals surface area contributed by atoms with Crippen molar-refractivity contribution >= 4 is 11.7 Å². The Labute approximate surface area is 85.7 Å². The molecule has 3 N–H and O–H groups in total. The molecule has 0 saturated carbocycles. The Morgan fingerprint density at radius 1 is 1.33 bits per heavy atom. The lowest BCUT2D eigenvalue weighted by Crippen LogP contribution is -2.46. The summed E-state index contributed by atoms with van der Waals surface area (Å²) >= 11 is 0. The molecule has 0 radical (unpaired) electrons. The van der Waals surface area contributed by atoms with Crippen molar-refractivity contribution in [2.24, 2.45) is 5.92 Å². The van der Waals surface area contributed by atoms with E-state index < -0.39 is 23.8 Å². The molecule has 0 aromatic rings. The third kappa shape index (κ3) is 4.28. The third-order valence-corrected chi connectivity index (χ3v) is 2.17.